The van der Waals surface area contributed by atoms with E-state index in [0.29, 0.717) is 5.56 Å². The number of carboxylic acids is 1. The van der Waals surface area contributed by atoms with Crippen molar-refractivity contribution >= 4 is 23.7 Å². The number of rotatable bonds is 6. The SMILES string of the molecule is O=C(NC(Cc1ccc(F)c(Cl)c1)C(=O)O)OCC1c2ccccc2-c2ccccc21. The summed E-state index contributed by atoms with van der Waals surface area (Å²) in [6, 6.07) is 18.5. The number of fused-ring (bicyclic) bond motifs is 3. The van der Waals surface area contributed by atoms with Crippen molar-refractivity contribution in [2.45, 2.75) is 18.4 Å². The lowest BCUT2D eigenvalue weighted by Gasteiger charge is -2.17. The molecule has 0 aliphatic heterocycles. The molecule has 158 valence electrons. The van der Waals surface area contributed by atoms with Gasteiger partial charge in [-0.1, -0.05) is 66.2 Å². The fourth-order valence-electron chi connectivity index (χ4n) is 3.88. The second kappa shape index (κ2) is 8.78. The number of hydrogen-bond donors (Lipinski definition) is 2. The quantitative estimate of drug-likeness (QED) is 0.566. The Bertz CT molecular complexity index is 1100. The average molecular weight is 440 g/mol. The van der Waals surface area contributed by atoms with Gasteiger partial charge in [-0.15, -0.1) is 0 Å². The maximum Gasteiger partial charge on any atom is 0.407 e. The van der Waals surface area contributed by atoms with Crippen LogP contribution in [-0.4, -0.2) is 29.8 Å². The minimum atomic E-state index is -1.24. The lowest BCUT2D eigenvalue weighted by Crippen LogP contribution is -2.42. The molecule has 0 saturated carbocycles. The van der Waals surface area contributed by atoms with Gasteiger partial charge in [0.1, 0.15) is 18.5 Å². The Balaban J connectivity index is 1.43. The number of halogens is 2. The Hall–Kier alpha value is -3.38. The number of carbonyl (C=O) groups excluding carboxylic acids is 1. The van der Waals surface area contributed by atoms with Crippen molar-refractivity contribution in [1.29, 1.82) is 0 Å². The van der Waals surface area contributed by atoms with Gasteiger partial charge in [-0.2, -0.15) is 0 Å². The first-order chi connectivity index (χ1) is 14.9. The highest BCUT2D eigenvalue weighted by Crippen LogP contribution is 2.44. The van der Waals surface area contributed by atoms with Crippen molar-refractivity contribution in [3.05, 3.63) is 94.3 Å². The number of hydrogen-bond acceptors (Lipinski definition) is 3. The topological polar surface area (TPSA) is 75.6 Å². The normalized spacial score (nSPS) is 13.2. The van der Waals surface area contributed by atoms with Crippen molar-refractivity contribution in [1.82, 2.24) is 5.32 Å². The van der Waals surface area contributed by atoms with Crippen LogP contribution in [0.3, 0.4) is 0 Å². The number of carboxylic acid groups (broad SMARTS) is 1. The molecule has 4 rings (SSSR count). The van der Waals surface area contributed by atoms with Gasteiger partial charge in [-0.25, -0.2) is 14.0 Å². The third-order valence-corrected chi connectivity index (χ3v) is 5.65. The van der Waals surface area contributed by atoms with Crippen LogP contribution in [0, 0.1) is 5.82 Å². The molecule has 5 nitrogen and oxygen atoms in total. The Kier molecular flexibility index (Phi) is 5.91. The molecule has 7 heteroatoms. The molecule has 1 amide bonds. The largest absolute Gasteiger partial charge is 0.480 e. The molecule has 1 unspecified atom stereocenters. The van der Waals surface area contributed by atoms with Crippen LogP contribution < -0.4 is 5.32 Å². The van der Waals surface area contributed by atoms with Crippen LogP contribution in [0.15, 0.2) is 66.7 Å². The maximum atomic E-state index is 13.3. The summed E-state index contributed by atoms with van der Waals surface area (Å²) in [5, 5.41) is 11.7. The van der Waals surface area contributed by atoms with Gasteiger partial charge in [0.2, 0.25) is 0 Å². The summed E-state index contributed by atoms with van der Waals surface area (Å²) < 4.78 is 18.7. The minimum Gasteiger partial charge on any atom is -0.480 e. The van der Waals surface area contributed by atoms with Gasteiger partial charge in [-0.3, -0.25) is 0 Å². The van der Waals surface area contributed by atoms with Gasteiger partial charge in [0.25, 0.3) is 0 Å². The van der Waals surface area contributed by atoms with E-state index in [1.807, 2.05) is 48.5 Å². The number of aliphatic carboxylic acids is 1. The van der Waals surface area contributed by atoms with Gasteiger partial charge in [-0.05, 0) is 39.9 Å². The molecular formula is C24H19ClFNO4. The molecule has 1 atom stereocenters. The van der Waals surface area contributed by atoms with E-state index in [4.69, 9.17) is 16.3 Å². The molecule has 0 radical (unpaired) electrons. The average Bonchev–Trinajstić information content (AvgIpc) is 3.08. The second-order valence-corrected chi connectivity index (χ2v) is 7.72. The Labute approximate surface area is 183 Å². The molecule has 0 heterocycles. The van der Waals surface area contributed by atoms with Crippen molar-refractivity contribution < 1.29 is 23.8 Å². The smallest absolute Gasteiger partial charge is 0.407 e. The number of benzene rings is 3. The van der Waals surface area contributed by atoms with E-state index in [9.17, 15) is 19.1 Å². The number of carbonyl (C=O) groups is 2. The molecule has 0 saturated heterocycles. The van der Waals surface area contributed by atoms with Crippen LogP contribution in [0.25, 0.3) is 11.1 Å². The first kappa shape index (κ1) is 20.9. The fourth-order valence-corrected chi connectivity index (χ4v) is 4.09. The summed E-state index contributed by atoms with van der Waals surface area (Å²) in [6.07, 6.45) is -0.887. The van der Waals surface area contributed by atoms with Gasteiger partial charge < -0.3 is 15.2 Å². The highest BCUT2D eigenvalue weighted by atomic mass is 35.5. The number of alkyl carbamates (subject to hydrolysis) is 1. The highest BCUT2D eigenvalue weighted by Gasteiger charge is 2.29. The predicted molar refractivity (Wildman–Crippen MR) is 115 cm³/mol. The van der Waals surface area contributed by atoms with E-state index in [1.165, 1.54) is 12.1 Å². The van der Waals surface area contributed by atoms with E-state index < -0.39 is 23.9 Å². The Morgan fingerprint density at radius 3 is 2.23 bits per heavy atom. The number of ether oxygens (including phenoxy) is 1. The summed E-state index contributed by atoms with van der Waals surface area (Å²) >= 11 is 5.75. The minimum absolute atomic E-state index is 0.0560. The number of amides is 1. The maximum absolute atomic E-state index is 13.3. The summed E-state index contributed by atoms with van der Waals surface area (Å²) in [5.41, 5.74) is 4.81. The van der Waals surface area contributed by atoms with Crippen LogP contribution in [0.5, 0.6) is 0 Å². The standard InChI is InChI=1S/C24H19ClFNO4/c25-20-11-14(9-10-21(20)26)12-22(23(28)29)27-24(30)31-13-19-17-7-3-1-5-15(17)16-6-2-4-8-18(16)19/h1-11,19,22H,12-13H2,(H,27,30)(H,28,29). The lowest BCUT2D eigenvalue weighted by molar-refractivity contribution is -0.139. The van der Waals surface area contributed by atoms with Gasteiger partial charge in [0.15, 0.2) is 0 Å². The Morgan fingerprint density at radius 1 is 1.03 bits per heavy atom. The van der Waals surface area contributed by atoms with Gasteiger partial charge >= 0.3 is 12.1 Å². The first-order valence-corrected chi connectivity index (χ1v) is 10.1. The fraction of sp³-hybridized carbons (Fsp3) is 0.167. The van der Waals surface area contributed by atoms with E-state index in [1.54, 1.807) is 0 Å². The van der Waals surface area contributed by atoms with E-state index in [0.717, 1.165) is 28.3 Å². The monoisotopic (exact) mass is 439 g/mol. The molecule has 0 bridgehead atoms. The van der Waals surface area contributed by atoms with Crippen molar-refractivity contribution in [2.24, 2.45) is 0 Å². The molecular weight excluding hydrogens is 421 g/mol. The van der Waals surface area contributed by atoms with E-state index in [2.05, 4.69) is 5.32 Å². The summed E-state index contributed by atoms with van der Waals surface area (Å²) in [6.45, 7) is 0.0780. The third-order valence-electron chi connectivity index (χ3n) is 5.36. The molecule has 1 aliphatic carbocycles. The van der Waals surface area contributed by atoms with Crippen LogP contribution in [0.1, 0.15) is 22.6 Å². The molecule has 31 heavy (non-hydrogen) atoms. The highest BCUT2D eigenvalue weighted by molar-refractivity contribution is 6.30. The molecule has 0 fully saturated rings. The van der Waals surface area contributed by atoms with E-state index in [-0.39, 0.29) is 24.0 Å². The zero-order valence-corrected chi connectivity index (χ0v) is 17.1. The summed E-state index contributed by atoms with van der Waals surface area (Å²) in [4.78, 5) is 24.0. The lowest BCUT2D eigenvalue weighted by atomic mass is 9.98. The molecule has 3 aromatic carbocycles. The molecule has 2 N–H and O–H groups in total. The van der Waals surface area contributed by atoms with Gasteiger partial charge in [0, 0.05) is 12.3 Å². The van der Waals surface area contributed by atoms with Crippen LogP contribution in [0.4, 0.5) is 9.18 Å². The van der Waals surface area contributed by atoms with Crippen molar-refractivity contribution in [3.63, 3.8) is 0 Å². The molecule has 0 spiro atoms. The molecule has 0 aromatic heterocycles. The first-order valence-electron chi connectivity index (χ1n) is 9.72. The van der Waals surface area contributed by atoms with Crippen LogP contribution in [0.2, 0.25) is 5.02 Å². The Morgan fingerprint density at radius 2 is 1.65 bits per heavy atom. The molecule has 3 aromatic rings. The number of nitrogens with one attached hydrogen (secondary N) is 1. The van der Waals surface area contributed by atoms with E-state index >= 15 is 0 Å². The van der Waals surface area contributed by atoms with Crippen molar-refractivity contribution in [3.8, 4) is 11.1 Å². The molecule has 1 aliphatic rings. The predicted octanol–water partition coefficient (Wildman–Crippen LogP) is 5.01. The summed E-state index contributed by atoms with van der Waals surface area (Å²) in [7, 11) is 0. The zero-order chi connectivity index (χ0) is 22.0. The van der Waals surface area contributed by atoms with Crippen LogP contribution in [-0.2, 0) is 16.0 Å². The van der Waals surface area contributed by atoms with Gasteiger partial charge in [0.05, 0.1) is 5.02 Å². The second-order valence-electron chi connectivity index (χ2n) is 7.31. The van der Waals surface area contributed by atoms with Crippen molar-refractivity contribution in [2.75, 3.05) is 6.61 Å². The third kappa shape index (κ3) is 4.39. The van der Waals surface area contributed by atoms with Crippen LogP contribution >= 0.6 is 11.6 Å². The summed E-state index contributed by atoms with van der Waals surface area (Å²) in [5.74, 6) is -1.95. The zero-order valence-electron chi connectivity index (χ0n) is 16.3.